The number of carboxylic acids is 1. The molecule has 2 aromatic rings. The quantitative estimate of drug-likeness (QED) is 0.840. The Labute approximate surface area is 118 Å². The van der Waals surface area contributed by atoms with E-state index in [2.05, 4.69) is 11.5 Å². The fourth-order valence-corrected chi connectivity index (χ4v) is 2.69. The van der Waals surface area contributed by atoms with Crippen molar-refractivity contribution in [2.24, 2.45) is 0 Å². The summed E-state index contributed by atoms with van der Waals surface area (Å²) in [6, 6.07) is 11.9. The summed E-state index contributed by atoms with van der Waals surface area (Å²) in [7, 11) is 0. The molecule has 102 valence electrons. The van der Waals surface area contributed by atoms with Gasteiger partial charge in [-0.05, 0) is 30.4 Å². The second-order valence-electron chi connectivity index (χ2n) is 5.16. The molecule has 0 saturated heterocycles. The van der Waals surface area contributed by atoms with Gasteiger partial charge in [0, 0.05) is 23.7 Å². The maximum Gasteiger partial charge on any atom is 0.336 e. The van der Waals surface area contributed by atoms with Crippen LogP contribution in [0.3, 0.4) is 0 Å². The molecule has 0 atom stereocenters. The number of hydrogen-bond acceptors (Lipinski definition) is 2. The van der Waals surface area contributed by atoms with E-state index in [0.717, 1.165) is 23.0 Å². The first-order valence-corrected chi connectivity index (χ1v) is 6.85. The second kappa shape index (κ2) is 5.00. The van der Waals surface area contributed by atoms with Crippen LogP contribution in [0.5, 0.6) is 0 Å². The van der Waals surface area contributed by atoms with Crippen molar-refractivity contribution in [3.05, 3.63) is 54.6 Å². The van der Waals surface area contributed by atoms with E-state index in [4.69, 9.17) is 0 Å². The summed E-state index contributed by atoms with van der Waals surface area (Å²) in [4.78, 5) is 13.7. The molecule has 20 heavy (non-hydrogen) atoms. The van der Waals surface area contributed by atoms with E-state index in [0.29, 0.717) is 11.6 Å². The van der Waals surface area contributed by atoms with Crippen molar-refractivity contribution in [1.82, 2.24) is 0 Å². The third-order valence-electron chi connectivity index (χ3n) is 3.75. The van der Waals surface area contributed by atoms with Gasteiger partial charge in [-0.3, -0.25) is 0 Å². The first-order chi connectivity index (χ1) is 9.72. The number of rotatable bonds is 5. The predicted octanol–water partition coefficient (Wildman–Crippen LogP) is 3.69. The Kier molecular flexibility index (Phi) is 3.18. The fraction of sp³-hybridized carbons (Fsp3) is 0.235. The molecule has 0 bridgehead atoms. The van der Waals surface area contributed by atoms with Gasteiger partial charge < -0.3 is 10.0 Å². The number of benzene rings is 2. The third-order valence-corrected chi connectivity index (χ3v) is 3.75. The summed E-state index contributed by atoms with van der Waals surface area (Å²) in [5, 5.41) is 11.1. The lowest BCUT2D eigenvalue weighted by Gasteiger charge is -2.25. The molecule has 1 fully saturated rings. The average molecular weight is 267 g/mol. The molecule has 1 aliphatic carbocycles. The zero-order valence-electron chi connectivity index (χ0n) is 11.2. The Morgan fingerprint density at radius 1 is 1.25 bits per heavy atom. The van der Waals surface area contributed by atoms with Crippen LogP contribution in [0.4, 0.5) is 5.69 Å². The fourth-order valence-electron chi connectivity index (χ4n) is 2.69. The molecular formula is C17H17NO2. The molecule has 1 saturated carbocycles. The summed E-state index contributed by atoms with van der Waals surface area (Å²) in [5.74, 6) is -0.880. The molecule has 0 amide bonds. The van der Waals surface area contributed by atoms with Gasteiger partial charge in [-0.1, -0.05) is 30.3 Å². The highest BCUT2D eigenvalue weighted by Crippen LogP contribution is 2.36. The van der Waals surface area contributed by atoms with E-state index < -0.39 is 5.97 Å². The lowest BCUT2D eigenvalue weighted by Crippen LogP contribution is -2.25. The molecule has 0 heterocycles. The second-order valence-corrected chi connectivity index (χ2v) is 5.16. The molecule has 3 nitrogen and oxygen atoms in total. The van der Waals surface area contributed by atoms with Crippen molar-refractivity contribution in [2.45, 2.75) is 18.9 Å². The zero-order chi connectivity index (χ0) is 14.1. The van der Waals surface area contributed by atoms with Crippen molar-refractivity contribution in [1.29, 1.82) is 0 Å². The molecule has 0 radical (unpaired) electrons. The van der Waals surface area contributed by atoms with Gasteiger partial charge in [-0.25, -0.2) is 4.79 Å². The van der Waals surface area contributed by atoms with Crippen LogP contribution in [0, 0.1) is 0 Å². The SMILES string of the molecule is C=CCN(c1ccc(C(=O)O)c2ccccc12)C1CC1. The summed E-state index contributed by atoms with van der Waals surface area (Å²) in [6.45, 7) is 4.62. The molecule has 0 unspecified atom stereocenters. The Bertz CT molecular complexity index is 674. The minimum absolute atomic E-state index is 0.360. The van der Waals surface area contributed by atoms with Crippen LogP contribution in [0.25, 0.3) is 10.8 Å². The zero-order valence-corrected chi connectivity index (χ0v) is 11.2. The molecule has 0 spiro atoms. The molecule has 1 aliphatic rings. The monoisotopic (exact) mass is 267 g/mol. The maximum atomic E-state index is 11.3. The number of aromatic carboxylic acids is 1. The van der Waals surface area contributed by atoms with Crippen LogP contribution in [-0.4, -0.2) is 23.7 Å². The van der Waals surface area contributed by atoms with E-state index in [9.17, 15) is 9.90 Å². The van der Waals surface area contributed by atoms with Crippen LogP contribution >= 0.6 is 0 Å². The Morgan fingerprint density at radius 3 is 2.55 bits per heavy atom. The van der Waals surface area contributed by atoms with E-state index in [1.807, 2.05) is 36.4 Å². The van der Waals surface area contributed by atoms with Crippen LogP contribution in [0.15, 0.2) is 49.1 Å². The van der Waals surface area contributed by atoms with Gasteiger partial charge in [0.2, 0.25) is 0 Å². The molecule has 0 aromatic heterocycles. The number of anilines is 1. The van der Waals surface area contributed by atoms with Gasteiger partial charge in [0.25, 0.3) is 0 Å². The molecule has 3 rings (SSSR count). The van der Waals surface area contributed by atoms with Crippen LogP contribution < -0.4 is 4.90 Å². The van der Waals surface area contributed by atoms with Crippen molar-refractivity contribution in [2.75, 3.05) is 11.4 Å². The smallest absolute Gasteiger partial charge is 0.336 e. The van der Waals surface area contributed by atoms with Crippen molar-refractivity contribution < 1.29 is 9.90 Å². The predicted molar refractivity (Wildman–Crippen MR) is 81.5 cm³/mol. The third kappa shape index (κ3) is 2.16. The Hall–Kier alpha value is -2.29. The summed E-state index contributed by atoms with van der Waals surface area (Å²) in [6.07, 6.45) is 4.30. The lowest BCUT2D eigenvalue weighted by atomic mass is 10.0. The van der Waals surface area contributed by atoms with E-state index in [1.165, 1.54) is 12.8 Å². The molecular weight excluding hydrogens is 250 g/mol. The summed E-state index contributed by atoms with van der Waals surface area (Å²) in [5.41, 5.74) is 1.46. The minimum atomic E-state index is -0.880. The summed E-state index contributed by atoms with van der Waals surface area (Å²) >= 11 is 0. The minimum Gasteiger partial charge on any atom is -0.478 e. The number of carboxylic acid groups (broad SMARTS) is 1. The first-order valence-electron chi connectivity index (χ1n) is 6.85. The first kappa shape index (κ1) is 12.7. The molecule has 1 N–H and O–H groups in total. The topological polar surface area (TPSA) is 40.5 Å². The highest BCUT2D eigenvalue weighted by Gasteiger charge is 2.29. The van der Waals surface area contributed by atoms with Crippen molar-refractivity contribution in [3.63, 3.8) is 0 Å². The van der Waals surface area contributed by atoms with Gasteiger partial charge in [-0.2, -0.15) is 0 Å². The number of hydrogen-bond donors (Lipinski definition) is 1. The molecule has 3 heteroatoms. The van der Waals surface area contributed by atoms with Gasteiger partial charge in [0.05, 0.1) is 5.56 Å². The highest BCUT2D eigenvalue weighted by atomic mass is 16.4. The standard InChI is InChI=1S/C17H17NO2/c1-2-11-18(12-7-8-12)16-10-9-15(17(19)20)13-5-3-4-6-14(13)16/h2-6,9-10,12H,1,7-8,11H2,(H,19,20). The molecule has 2 aromatic carbocycles. The van der Waals surface area contributed by atoms with E-state index in [-0.39, 0.29) is 0 Å². The number of carbonyl (C=O) groups is 1. The largest absolute Gasteiger partial charge is 0.478 e. The highest BCUT2D eigenvalue weighted by molar-refractivity contribution is 6.08. The number of nitrogens with zero attached hydrogens (tertiary/aromatic N) is 1. The van der Waals surface area contributed by atoms with Crippen LogP contribution in [-0.2, 0) is 0 Å². The Balaban J connectivity index is 2.18. The number of fused-ring (bicyclic) bond motifs is 1. The van der Waals surface area contributed by atoms with Crippen LogP contribution in [0.2, 0.25) is 0 Å². The van der Waals surface area contributed by atoms with E-state index in [1.54, 1.807) is 6.07 Å². The van der Waals surface area contributed by atoms with Crippen LogP contribution in [0.1, 0.15) is 23.2 Å². The van der Waals surface area contributed by atoms with Gasteiger partial charge in [0.15, 0.2) is 0 Å². The lowest BCUT2D eigenvalue weighted by molar-refractivity contribution is 0.0699. The van der Waals surface area contributed by atoms with Gasteiger partial charge in [0.1, 0.15) is 0 Å². The normalized spacial score (nSPS) is 14.2. The molecule has 0 aliphatic heterocycles. The van der Waals surface area contributed by atoms with Crippen molar-refractivity contribution >= 4 is 22.4 Å². The maximum absolute atomic E-state index is 11.3. The van der Waals surface area contributed by atoms with Crippen molar-refractivity contribution in [3.8, 4) is 0 Å². The van der Waals surface area contributed by atoms with Gasteiger partial charge in [-0.15, -0.1) is 6.58 Å². The van der Waals surface area contributed by atoms with E-state index >= 15 is 0 Å². The summed E-state index contributed by atoms with van der Waals surface area (Å²) < 4.78 is 0. The Morgan fingerprint density at radius 2 is 1.95 bits per heavy atom. The average Bonchev–Trinajstić information content (AvgIpc) is 3.28. The van der Waals surface area contributed by atoms with Gasteiger partial charge >= 0.3 is 5.97 Å².